The third-order valence-electron chi connectivity index (χ3n) is 2.72. The Morgan fingerprint density at radius 2 is 1.63 bits per heavy atom. The first kappa shape index (κ1) is 12.8. The van der Waals surface area contributed by atoms with Crippen molar-refractivity contribution in [2.75, 3.05) is 0 Å². The fourth-order valence-corrected chi connectivity index (χ4v) is 1.70. The molecule has 0 bridgehead atoms. The quantitative estimate of drug-likeness (QED) is 0.278. The molecular formula is C14H12N2O3. The van der Waals surface area contributed by atoms with Crippen molar-refractivity contribution in [2.24, 2.45) is 0 Å². The van der Waals surface area contributed by atoms with Gasteiger partial charge in [-0.1, -0.05) is 18.2 Å². The van der Waals surface area contributed by atoms with Crippen molar-refractivity contribution in [1.82, 2.24) is 0 Å². The van der Waals surface area contributed by atoms with Crippen LogP contribution < -0.4 is 0 Å². The molecule has 96 valence electrons. The van der Waals surface area contributed by atoms with E-state index in [1.54, 1.807) is 24.3 Å². The molecule has 0 aliphatic carbocycles. The third-order valence-corrected chi connectivity index (χ3v) is 2.72. The molecule has 2 aromatic carbocycles. The summed E-state index contributed by atoms with van der Waals surface area (Å²) in [5.41, 5.74) is 2.05. The minimum atomic E-state index is -0.472. The molecule has 0 saturated carbocycles. The first-order chi connectivity index (χ1) is 9.08. The summed E-state index contributed by atoms with van der Waals surface area (Å²) in [5, 5.41) is 22.5. The smallest absolute Gasteiger partial charge is 0.269 e. The monoisotopic (exact) mass is 256 g/mol. The second-order valence-electron chi connectivity index (χ2n) is 4.09. The Kier molecular flexibility index (Phi) is 3.56. The summed E-state index contributed by atoms with van der Waals surface area (Å²) in [6, 6.07) is 13.1. The van der Waals surface area contributed by atoms with Crippen molar-refractivity contribution >= 4 is 17.6 Å². The molecule has 0 unspecified atom stereocenters. The summed E-state index contributed by atoms with van der Waals surface area (Å²) >= 11 is 0. The number of hydrogen-bond donors (Lipinski definition) is 0. The molecule has 2 aromatic rings. The zero-order valence-corrected chi connectivity index (χ0v) is 10.3. The van der Waals surface area contributed by atoms with Gasteiger partial charge in [0, 0.05) is 29.3 Å². The second kappa shape index (κ2) is 5.30. The summed E-state index contributed by atoms with van der Waals surface area (Å²) in [7, 11) is 0. The zero-order chi connectivity index (χ0) is 13.8. The molecule has 19 heavy (non-hydrogen) atoms. The van der Waals surface area contributed by atoms with Crippen LogP contribution in [-0.4, -0.2) is 15.9 Å². The van der Waals surface area contributed by atoms with Gasteiger partial charge in [-0.2, -0.15) is 4.74 Å². The molecule has 0 heterocycles. The Labute approximate surface area is 110 Å². The van der Waals surface area contributed by atoms with E-state index in [2.05, 4.69) is 0 Å². The van der Waals surface area contributed by atoms with E-state index in [4.69, 9.17) is 0 Å². The summed E-state index contributed by atoms with van der Waals surface area (Å²) < 4.78 is 0.760. The van der Waals surface area contributed by atoms with Gasteiger partial charge in [0.15, 0.2) is 6.21 Å². The number of rotatable bonds is 3. The van der Waals surface area contributed by atoms with E-state index in [1.807, 2.05) is 19.1 Å². The SMILES string of the molecule is Cc1ccccc1[N+]([O-])=Cc1ccc([N+](=O)[O-])cc1. The van der Waals surface area contributed by atoms with E-state index in [0.717, 1.165) is 10.3 Å². The van der Waals surface area contributed by atoms with Gasteiger partial charge in [-0.15, -0.1) is 0 Å². The summed E-state index contributed by atoms with van der Waals surface area (Å²) in [6.45, 7) is 1.85. The van der Waals surface area contributed by atoms with Crippen LogP contribution in [0, 0.1) is 22.2 Å². The topological polar surface area (TPSA) is 69.2 Å². The highest BCUT2D eigenvalue weighted by Gasteiger charge is 2.07. The van der Waals surface area contributed by atoms with Gasteiger partial charge < -0.3 is 5.21 Å². The normalized spacial score (nSPS) is 11.3. The lowest BCUT2D eigenvalue weighted by atomic mass is 10.2. The van der Waals surface area contributed by atoms with Crippen molar-refractivity contribution in [1.29, 1.82) is 0 Å². The van der Waals surface area contributed by atoms with Crippen LogP contribution in [0.5, 0.6) is 0 Å². The molecule has 0 fully saturated rings. The minimum Gasteiger partial charge on any atom is -0.618 e. The number of benzene rings is 2. The number of nitro benzene ring substituents is 1. The van der Waals surface area contributed by atoms with E-state index >= 15 is 0 Å². The second-order valence-corrected chi connectivity index (χ2v) is 4.09. The van der Waals surface area contributed by atoms with Crippen molar-refractivity contribution in [3.63, 3.8) is 0 Å². The van der Waals surface area contributed by atoms with Gasteiger partial charge in [0.1, 0.15) is 0 Å². The van der Waals surface area contributed by atoms with Gasteiger partial charge in [-0.3, -0.25) is 10.1 Å². The molecule has 0 radical (unpaired) electrons. The van der Waals surface area contributed by atoms with E-state index in [1.165, 1.54) is 18.3 Å². The molecule has 0 amide bonds. The number of hydrogen-bond acceptors (Lipinski definition) is 3. The van der Waals surface area contributed by atoms with Crippen LogP contribution in [0.1, 0.15) is 11.1 Å². The Morgan fingerprint density at radius 3 is 2.21 bits per heavy atom. The molecule has 0 atom stereocenters. The zero-order valence-electron chi connectivity index (χ0n) is 10.3. The maximum atomic E-state index is 12.0. The maximum Gasteiger partial charge on any atom is 0.269 e. The number of non-ortho nitro benzene ring substituents is 1. The van der Waals surface area contributed by atoms with E-state index in [-0.39, 0.29) is 5.69 Å². The fraction of sp³-hybridized carbons (Fsp3) is 0.0714. The van der Waals surface area contributed by atoms with Crippen LogP contribution >= 0.6 is 0 Å². The minimum absolute atomic E-state index is 0.00508. The highest BCUT2D eigenvalue weighted by atomic mass is 16.6. The molecule has 5 heteroatoms. The molecule has 5 nitrogen and oxygen atoms in total. The van der Waals surface area contributed by atoms with Gasteiger partial charge in [0.2, 0.25) is 5.69 Å². The molecule has 0 saturated heterocycles. The van der Waals surface area contributed by atoms with Crippen molar-refractivity contribution in [2.45, 2.75) is 6.92 Å². The Morgan fingerprint density at radius 1 is 1.00 bits per heavy atom. The summed E-state index contributed by atoms with van der Waals surface area (Å²) in [6.07, 6.45) is 1.39. The molecule has 0 aliphatic rings. The molecule has 0 N–H and O–H groups in total. The number of nitrogens with zero attached hydrogens (tertiary/aromatic N) is 2. The Bertz CT molecular complexity index is 633. The number of nitro groups is 1. The Hall–Kier alpha value is -2.69. The molecule has 2 rings (SSSR count). The van der Waals surface area contributed by atoms with Crippen molar-refractivity contribution < 1.29 is 9.66 Å². The first-order valence-corrected chi connectivity index (χ1v) is 5.69. The van der Waals surface area contributed by atoms with Crippen LogP contribution in [0.2, 0.25) is 0 Å². The van der Waals surface area contributed by atoms with Crippen molar-refractivity contribution in [3.05, 3.63) is 75.0 Å². The van der Waals surface area contributed by atoms with Gasteiger partial charge in [-0.25, -0.2) is 0 Å². The number of para-hydroxylation sites is 1. The van der Waals surface area contributed by atoms with Crippen LogP contribution in [0.25, 0.3) is 0 Å². The van der Waals surface area contributed by atoms with E-state index in [0.29, 0.717) is 11.3 Å². The molecule has 0 aromatic heterocycles. The van der Waals surface area contributed by atoms with Crippen LogP contribution in [0.3, 0.4) is 0 Å². The summed E-state index contributed by atoms with van der Waals surface area (Å²) in [5.74, 6) is 0. The van der Waals surface area contributed by atoms with E-state index < -0.39 is 4.92 Å². The standard InChI is InChI=1S/C14H12N2O3/c1-11-4-2-3-5-14(11)15(17)10-12-6-8-13(9-7-12)16(18)19/h2-10H,1H3. The number of aryl methyl sites for hydroxylation is 1. The van der Waals surface area contributed by atoms with Gasteiger partial charge in [-0.05, 0) is 19.1 Å². The van der Waals surface area contributed by atoms with Gasteiger partial charge in [0.25, 0.3) is 5.69 Å². The molecular weight excluding hydrogens is 244 g/mol. The average Bonchev–Trinajstić information content (AvgIpc) is 2.39. The first-order valence-electron chi connectivity index (χ1n) is 5.69. The van der Waals surface area contributed by atoms with Gasteiger partial charge >= 0.3 is 0 Å². The Balaban J connectivity index is 2.31. The lowest BCUT2D eigenvalue weighted by Gasteiger charge is -2.05. The highest BCUT2D eigenvalue weighted by Crippen LogP contribution is 2.17. The lowest BCUT2D eigenvalue weighted by molar-refractivity contribution is -0.384. The largest absolute Gasteiger partial charge is 0.618 e. The van der Waals surface area contributed by atoms with Crippen LogP contribution in [0.4, 0.5) is 11.4 Å². The average molecular weight is 256 g/mol. The highest BCUT2D eigenvalue weighted by molar-refractivity contribution is 5.77. The molecule has 0 spiro atoms. The third kappa shape index (κ3) is 2.95. The lowest BCUT2D eigenvalue weighted by Crippen LogP contribution is -2.00. The fourth-order valence-electron chi connectivity index (χ4n) is 1.70. The van der Waals surface area contributed by atoms with Crippen molar-refractivity contribution in [3.8, 4) is 0 Å². The predicted molar refractivity (Wildman–Crippen MR) is 72.7 cm³/mol. The van der Waals surface area contributed by atoms with E-state index in [9.17, 15) is 15.3 Å². The van der Waals surface area contributed by atoms with Gasteiger partial charge in [0.05, 0.1) is 4.92 Å². The molecule has 0 aliphatic heterocycles. The van der Waals surface area contributed by atoms with Crippen LogP contribution in [-0.2, 0) is 0 Å². The van der Waals surface area contributed by atoms with Crippen LogP contribution in [0.15, 0.2) is 48.5 Å². The predicted octanol–water partition coefficient (Wildman–Crippen LogP) is 3.16. The maximum absolute atomic E-state index is 12.0. The summed E-state index contributed by atoms with van der Waals surface area (Å²) in [4.78, 5) is 10.1.